The van der Waals surface area contributed by atoms with Gasteiger partial charge in [0.1, 0.15) is 0 Å². The number of nitrogens with two attached hydrogens (primary N) is 1. The number of rotatable bonds is 4. The first-order valence-electron chi connectivity index (χ1n) is 5.72. The Morgan fingerprint density at radius 1 is 1.15 bits per heavy atom. The van der Waals surface area contributed by atoms with Crippen molar-refractivity contribution < 1.29 is 4.74 Å². The van der Waals surface area contributed by atoms with Crippen LogP contribution in [0.15, 0.2) is 0 Å². The summed E-state index contributed by atoms with van der Waals surface area (Å²) in [4.78, 5) is 0. The second kappa shape index (κ2) is 4.43. The van der Waals surface area contributed by atoms with E-state index in [0.29, 0.717) is 12.1 Å². The highest BCUT2D eigenvalue weighted by Crippen LogP contribution is 2.32. The molecule has 2 saturated carbocycles. The Labute approximate surface area is 80.8 Å². The van der Waals surface area contributed by atoms with Gasteiger partial charge in [-0.25, -0.2) is 0 Å². The first kappa shape index (κ1) is 9.47. The fourth-order valence-electron chi connectivity index (χ4n) is 2.14. The second-order valence-electron chi connectivity index (χ2n) is 4.65. The molecule has 2 N–H and O–H groups in total. The fourth-order valence-corrected chi connectivity index (χ4v) is 2.14. The van der Waals surface area contributed by atoms with Gasteiger partial charge in [-0.2, -0.15) is 0 Å². The molecule has 0 bridgehead atoms. The quantitative estimate of drug-likeness (QED) is 0.724. The van der Waals surface area contributed by atoms with Crippen LogP contribution in [0.2, 0.25) is 0 Å². The van der Waals surface area contributed by atoms with E-state index in [4.69, 9.17) is 10.5 Å². The van der Waals surface area contributed by atoms with Crippen LogP contribution in [0, 0.1) is 5.92 Å². The normalized spacial score (nSPS) is 34.8. The van der Waals surface area contributed by atoms with Gasteiger partial charge in [0.05, 0.1) is 6.10 Å². The van der Waals surface area contributed by atoms with Gasteiger partial charge in [0.25, 0.3) is 0 Å². The topological polar surface area (TPSA) is 35.2 Å². The first-order valence-corrected chi connectivity index (χ1v) is 5.72. The lowest BCUT2D eigenvalue weighted by Crippen LogP contribution is -2.32. The molecule has 2 atom stereocenters. The Hall–Kier alpha value is -0.0800. The summed E-state index contributed by atoms with van der Waals surface area (Å²) in [6, 6.07) is 0.402. The smallest absolute Gasteiger partial charge is 0.0589 e. The summed E-state index contributed by atoms with van der Waals surface area (Å²) in [6.07, 6.45) is 9.41. The molecule has 0 heterocycles. The third kappa shape index (κ3) is 3.28. The molecule has 76 valence electrons. The van der Waals surface area contributed by atoms with Crippen molar-refractivity contribution in [2.45, 2.75) is 57.1 Å². The minimum absolute atomic E-state index is 0.402. The standard InChI is InChI=1S/C11H21NO/c12-10-2-1-3-11(8-10)13-7-6-9-4-5-9/h9-11H,1-8,12H2. The SMILES string of the molecule is NC1CCCC(OCCC2CC2)C1. The second-order valence-corrected chi connectivity index (χ2v) is 4.65. The van der Waals surface area contributed by atoms with Crippen LogP contribution in [-0.4, -0.2) is 18.8 Å². The number of ether oxygens (including phenoxy) is 1. The number of hydrogen-bond acceptors (Lipinski definition) is 2. The monoisotopic (exact) mass is 183 g/mol. The third-order valence-electron chi connectivity index (χ3n) is 3.24. The zero-order valence-corrected chi connectivity index (χ0v) is 8.37. The molecular formula is C11H21NO. The zero-order chi connectivity index (χ0) is 9.10. The summed E-state index contributed by atoms with van der Waals surface area (Å²) in [5.41, 5.74) is 5.89. The summed E-state index contributed by atoms with van der Waals surface area (Å²) >= 11 is 0. The highest BCUT2D eigenvalue weighted by atomic mass is 16.5. The lowest BCUT2D eigenvalue weighted by Gasteiger charge is -2.26. The molecule has 0 saturated heterocycles. The van der Waals surface area contributed by atoms with E-state index in [0.717, 1.165) is 18.9 Å². The molecule has 0 radical (unpaired) electrons. The summed E-state index contributed by atoms with van der Waals surface area (Å²) in [7, 11) is 0. The zero-order valence-electron chi connectivity index (χ0n) is 8.37. The van der Waals surface area contributed by atoms with Gasteiger partial charge in [0.15, 0.2) is 0 Å². The third-order valence-corrected chi connectivity index (χ3v) is 3.24. The molecule has 0 amide bonds. The van der Waals surface area contributed by atoms with E-state index in [1.54, 1.807) is 0 Å². The van der Waals surface area contributed by atoms with E-state index in [-0.39, 0.29) is 0 Å². The van der Waals surface area contributed by atoms with Gasteiger partial charge >= 0.3 is 0 Å². The van der Waals surface area contributed by atoms with Crippen molar-refractivity contribution in [1.82, 2.24) is 0 Å². The fraction of sp³-hybridized carbons (Fsp3) is 1.00. The maximum Gasteiger partial charge on any atom is 0.0589 e. The van der Waals surface area contributed by atoms with Crippen molar-refractivity contribution in [3.63, 3.8) is 0 Å². The Morgan fingerprint density at radius 3 is 2.69 bits per heavy atom. The molecule has 13 heavy (non-hydrogen) atoms. The summed E-state index contributed by atoms with van der Waals surface area (Å²) in [6.45, 7) is 0.974. The van der Waals surface area contributed by atoms with E-state index in [1.165, 1.54) is 38.5 Å². The van der Waals surface area contributed by atoms with Crippen molar-refractivity contribution in [2.75, 3.05) is 6.61 Å². The lowest BCUT2D eigenvalue weighted by atomic mass is 9.93. The Balaban J connectivity index is 1.56. The van der Waals surface area contributed by atoms with Gasteiger partial charge in [0.2, 0.25) is 0 Å². The molecule has 2 aliphatic rings. The molecule has 0 aromatic carbocycles. The highest BCUT2D eigenvalue weighted by Gasteiger charge is 2.23. The molecule has 0 aromatic heterocycles. The van der Waals surface area contributed by atoms with Gasteiger partial charge in [-0.1, -0.05) is 12.8 Å². The lowest BCUT2D eigenvalue weighted by molar-refractivity contribution is 0.0205. The van der Waals surface area contributed by atoms with Crippen molar-refractivity contribution in [3.05, 3.63) is 0 Å². The van der Waals surface area contributed by atoms with Crippen LogP contribution >= 0.6 is 0 Å². The van der Waals surface area contributed by atoms with E-state index in [1.807, 2.05) is 0 Å². The average molecular weight is 183 g/mol. The molecule has 2 aliphatic carbocycles. The molecule has 0 aliphatic heterocycles. The molecule has 2 rings (SSSR count). The molecule has 2 nitrogen and oxygen atoms in total. The van der Waals surface area contributed by atoms with Gasteiger partial charge in [-0.3, -0.25) is 0 Å². The van der Waals surface area contributed by atoms with Crippen LogP contribution in [0.4, 0.5) is 0 Å². The van der Waals surface area contributed by atoms with Gasteiger partial charge in [0, 0.05) is 12.6 Å². The van der Waals surface area contributed by atoms with E-state index in [9.17, 15) is 0 Å². The predicted octanol–water partition coefficient (Wildman–Crippen LogP) is 2.07. The molecule has 2 heteroatoms. The van der Waals surface area contributed by atoms with Crippen molar-refractivity contribution >= 4 is 0 Å². The maximum absolute atomic E-state index is 5.89. The van der Waals surface area contributed by atoms with E-state index >= 15 is 0 Å². The van der Waals surface area contributed by atoms with Crippen LogP contribution in [-0.2, 0) is 4.74 Å². The van der Waals surface area contributed by atoms with Crippen LogP contribution in [0.1, 0.15) is 44.9 Å². The summed E-state index contributed by atoms with van der Waals surface area (Å²) in [5.74, 6) is 0.997. The average Bonchev–Trinajstić information content (AvgIpc) is 2.88. The van der Waals surface area contributed by atoms with Crippen LogP contribution < -0.4 is 5.73 Å². The molecule has 0 spiro atoms. The van der Waals surface area contributed by atoms with E-state index in [2.05, 4.69) is 0 Å². The molecule has 2 unspecified atom stereocenters. The summed E-state index contributed by atoms with van der Waals surface area (Å²) in [5, 5.41) is 0. The summed E-state index contributed by atoms with van der Waals surface area (Å²) < 4.78 is 5.82. The van der Waals surface area contributed by atoms with Crippen molar-refractivity contribution in [2.24, 2.45) is 11.7 Å². The molecule has 2 fully saturated rings. The Bertz CT molecular complexity index is 156. The van der Waals surface area contributed by atoms with Crippen LogP contribution in [0.5, 0.6) is 0 Å². The van der Waals surface area contributed by atoms with Gasteiger partial charge in [-0.15, -0.1) is 0 Å². The molecule has 0 aromatic rings. The highest BCUT2D eigenvalue weighted by molar-refractivity contribution is 4.76. The molecular weight excluding hydrogens is 162 g/mol. The van der Waals surface area contributed by atoms with Gasteiger partial charge < -0.3 is 10.5 Å². The van der Waals surface area contributed by atoms with E-state index < -0.39 is 0 Å². The predicted molar refractivity (Wildman–Crippen MR) is 53.5 cm³/mol. The first-order chi connectivity index (χ1) is 6.34. The Kier molecular flexibility index (Phi) is 3.23. The van der Waals surface area contributed by atoms with Crippen molar-refractivity contribution in [1.29, 1.82) is 0 Å². The van der Waals surface area contributed by atoms with Crippen LogP contribution in [0.3, 0.4) is 0 Å². The minimum Gasteiger partial charge on any atom is -0.378 e. The van der Waals surface area contributed by atoms with Gasteiger partial charge in [-0.05, 0) is 38.0 Å². The minimum atomic E-state index is 0.402. The Morgan fingerprint density at radius 2 is 2.00 bits per heavy atom. The largest absolute Gasteiger partial charge is 0.378 e. The van der Waals surface area contributed by atoms with Crippen molar-refractivity contribution in [3.8, 4) is 0 Å². The number of hydrogen-bond donors (Lipinski definition) is 1. The maximum atomic E-state index is 5.89. The van der Waals surface area contributed by atoms with Crippen LogP contribution in [0.25, 0.3) is 0 Å².